The van der Waals surface area contributed by atoms with E-state index in [0.29, 0.717) is 0 Å². The first kappa shape index (κ1) is 13.6. The predicted molar refractivity (Wildman–Crippen MR) is 84.3 cm³/mol. The smallest absolute Gasteiger partial charge is 0.0739 e. The van der Waals surface area contributed by atoms with Gasteiger partial charge in [-0.2, -0.15) is 5.10 Å². The SMILES string of the molecule is Cc1nn(C)c(CN2CCc3ccc(N)cc3C2)c1Br. The summed E-state index contributed by atoms with van der Waals surface area (Å²) in [6.07, 6.45) is 1.09. The first-order chi connectivity index (χ1) is 9.54. The van der Waals surface area contributed by atoms with Crippen LogP contribution in [0, 0.1) is 6.92 Å². The number of hydrogen-bond acceptors (Lipinski definition) is 3. The highest BCUT2D eigenvalue weighted by Gasteiger charge is 2.19. The summed E-state index contributed by atoms with van der Waals surface area (Å²) in [5.74, 6) is 0. The van der Waals surface area contributed by atoms with Gasteiger partial charge >= 0.3 is 0 Å². The van der Waals surface area contributed by atoms with Gasteiger partial charge in [0.25, 0.3) is 0 Å². The molecule has 0 unspecified atom stereocenters. The van der Waals surface area contributed by atoms with E-state index in [2.05, 4.69) is 38.1 Å². The fourth-order valence-electron chi connectivity index (χ4n) is 2.83. The number of halogens is 1. The lowest BCUT2D eigenvalue weighted by molar-refractivity contribution is 0.239. The molecule has 0 aliphatic carbocycles. The Labute approximate surface area is 127 Å². The third-order valence-corrected chi connectivity index (χ3v) is 4.99. The molecule has 1 aliphatic heterocycles. The highest BCUT2D eigenvalue weighted by Crippen LogP contribution is 2.26. The van der Waals surface area contributed by atoms with E-state index < -0.39 is 0 Å². The molecule has 4 nitrogen and oxygen atoms in total. The van der Waals surface area contributed by atoms with Crippen LogP contribution in [0.1, 0.15) is 22.5 Å². The van der Waals surface area contributed by atoms with Gasteiger partial charge in [0.2, 0.25) is 0 Å². The molecule has 20 heavy (non-hydrogen) atoms. The molecule has 1 aromatic heterocycles. The van der Waals surface area contributed by atoms with Crippen molar-refractivity contribution in [3.05, 3.63) is 45.2 Å². The second kappa shape index (κ2) is 5.22. The van der Waals surface area contributed by atoms with E-state index in [1.807, 2.05) is 24.7 Å². The van der Waals surface area contributed by atoms with Gasteiger partial charge in [-0.3, -0.25) is 9.58 Å². The molecule has 0 amide bonds. The zero-order valence-electron chi connectivity index (χ0n) is 11.9. The molecule has 3 rings (SSSR count). The number of nitrogens with zero attached hydrogens (tertiary/aromatic N) is 3. The minimum absolute atomic E-state index is 0.850. The molecule has 0 bridgehead atoms. The fraction of sp³-hybridized carbons (Fsp3) is 0.400. The number of fused-ring (bicyclic) bond motifs is 1. The van der Waals surface area contributed by atoms with Crippen LogP contribution in [0.15, 0.2) is 22.7 Å². The van der Waals surface area contributed by atoms with E-state index in [1.54, 1.807) is 0 Å². The number of aromatic nitrogens is 2. The molecule has 0 saturated heterocycles. The summed E-state index contributed by atoms with van der Waals surface area (Å²) in [5, 5.41) is 4.46. The van der Waals surface area contributed by atoms with Crippen LogP contribution in [0.2, 0.25) is 0 Å². The first-order valence-electron chi connectivity index (χ1n) is 6.82. The summed E-state index contributed by atoms with van der Waals surface area (Å²) >= 11 is 3.64. The highest BCUT2D eigenvalue weighted by molar-refractivity contribution is 9.10. The summed E-state index contributed by atoms with van der Waals surface area (Å²) < 4.78 is 3.09. The number of nitrogen functional groups attached to an aromatic ring is 1. The van der Waals surface area contributed by atoms with Gasteiger partial charge in [-0.15, -0.1) is 0 Å². The average molecular weight is 335 g/mol. The fourth-order valence-corrected chi connectivity index (χ4v) is 3.30. The third-order valence-electron chi connectivity index (χ3n) is 3.96. The Bertz CT molecular complexity index is 648. The lowest BCUT2D eigenvalue weighted by atomic mass is 9.99. The number of rotatable bonds is 2. The van der Waals surface area contributed by atoms with E-state index in [-0.39, 0.29) is 0 Å². The maximum atomic E-state index is 5.89. The maximum Gasteiger partial charge on any atom is 0.0739 e. The third kappa shape index (κ3) is 2.47. The van der Waals surface area contributed by atoms with Gasteiger partial charge in [-0.25, -0.2) is 0 Å². The highest BCUT2D eigenvalue weighted by atomic mass is 79.9. The van der Waals surface area contributed by atoms with Crippen LogP contribution >= 0.6 is 15.9 Å². The molecular formula is C15H19BrN4. The molecular weight excluding hydrogens is 316 g/mol. The Hall–Kier alpha value is -1.33. The van der Waals surface area contributed by atoms with E-state index in [1.165, 1.54) is 16.8 Å². The van der Waals surface area contributed by atoms with Crippen molar-refractivity contribution < 1.29 is 0 Å². The van der Waals surface area contributed by atoms with Gasteiger partial charge in [-0.05, 0) is 52.5 Å². The van der Waals surface area contributed by atoms with Gasteiger partial charge in [-0.1, -0.05) is 6.07 Å². The minimum atomic E-state index is 0.850. The maximum absolute atomic E-state index is 5.89. The summed E-state index contributed by atoms with van der Waals surface area (Å²) in [6.45, 7) is 4.97. The van der Waals surface area contributed by atoms with Crippen LogP contribution in [-0.2, 0) is 26.6 Å². The van der Waals surface area contributed by atoms with Crippen molar-refractivity contribution in [1.82, 2.24) is 14.7 Å². The molecule has 2 heterocycles. The van der Waals surface area contributed by atoms with Crippen LogP contribution in [0.3, 0.4) is 0 Å². The summed E-state index contributed by atoms with van der Waals surface area (Å²) in [7, 11) is 2.00. The summed E-state index contributed by atoms with van der Waals surface area (Å²) in [4.78, 5) is 2.45. The van der Waals surface area contributed by atoms with Crippen molar-refractivity contribution in [2.75, 3.05) is 12.3 Å². The lowest BCUT2D eigenvalue weighted by Crippen LogP contribution is -2.31. The van der Waals surface area contributed by atoms with Gasteiger partial charge in [0.05, 0.1) is 15.9 Å². The molecule has 2 N–H and O–H groups in total. The molecule has 5 heteroatoms. The largest absolute Gasteiger partial charge is 0.399 e. The molecule has 106 valence electrons. The number of aryl methyl sites for hydroxylation is 2. The zero-order valence-corrected chi connectivity index (χ0v) is 13.4. The molecule has 0 saturated carbocycles. The Morgan fingerprint density at radius 3 is 2.85 bits per heavy atom. The van der Waals surface area contributed by atoms with E-state index in [9.17, 15) is 0 Å². The Morgan fingerprint density at radius 1 is 1.35 bits per heavy atom. The summed E-state index contributed by atoms with van der Waals surface area (Å²) in [6, 6.07) is 6.26. The Kier molecular flexibility index (Phi) is 3.56. The molecule has 2 aromatic rings. The first-order valence-corrected chi connectivity index (χ1v) is 7.61. The van der Waals surface area contributed by atoms with E-state index in [4.69, 9.17) is 5.73 Å². The van der Waals surface area contributed by atoms with Crippen molar-refractivity contribution in [1.29, 1.82) is 0 Å². The second-order valence-electron chi connectivity index (χ2n) is 5.46. The van der Waals surface area contributed by atoms with Gasteiger partial charge in [0, 0.05) is 32.4 Å². The number of nitrogens with two attached hydrogens (primary N) is 1. The number of anilines is 1. The topological polar surface area (TPSA) is 47.1 Å². The quantitative estimate of drug-likeness (QED) is 0.859. The van der Waals surface area contributed by atoms with Crippen LogP contribution in [0.5, 0.6) is 0 Å². The normalized spacial score (nSPS) is 15.3. The van der Waals surface area contributed by atoms with Crippen molar-refractivity contribution in [3.8, 4) is 0 Å². The van der Waals surface area contributed by atoms with Crippen molar-refractivity contribution in [2.45, 2.75) is 26.4 Å². The van der Waals surface area contributed by atoms with Crippen molar-refractivity contribution in [3.63, 3.8) is 0 Å². The number of hydrogen-bond donors (Lipinski definition) is 1. The predicted octanol–water partition coefficient (Wildman–Crippen LogP) is 2.63. The standard InChI is InChI=1S/C15H19BrN4/c1-10-15(16)14(19(2)18-10)9-20-6-5-11-3-4-13(17)7-12(11)8-20/h3-4,7H,5-6,8-9,17H2,1-2H3. The van der Waals surface area contributed by atoms with Crippen LogP contribution in [0.4, 0.5) is 5.69 Å². The minimum Gasteiger partial charge on any atom is -0.399 e. The second-order valence-corrected chi connectivity index (χ2v) is 6.25. The zero-order chi connectivity index (χ0) is 14.3. The van der Waals surface area contributed by atoms with Crippen LogP contribution in [0.25, 0.3) is 0 Å². The van der Waals surface area contributed by atoms with Crippen LogP contribution < -0.4 is 5.73 Å². The average Bonchev–Trinajstić information content (AvgIpc) is 2.65. The van der Waals surface area contributed by atoms with E-state index >= 15 is 0 Å². The van der Waals surface area contributed by atoms with Crippen molar-refractivity contribution >= 4 is 21.6 Å². The lowest BCUT2D eigenvalue weighted by Gasteiger charge is -2.29. The van der Waals surface area contributed by atoms with E-state index in [0.717, 1.165) is 41.9 Å². The number of benzene rings is 1. The van der Waals surface area contributed by atoms with Crippen molar-refractivity contribution in [2.24, 2.45) is 7.05 Å². The molecule has 0 spiro atoms. The molecule has 1 aliphatic rings. The van der Waals surface area contributed by atoms with Gasteiger partial charge in [0.15, 0.2) is 0 Å². The van der Waals surface area contributed by atoms with Gasteiger partial charge < -0.3 is 5.73 Å². The molecule has 0 radical (unpaired) electrons. The van der Waals surface area contributed by atoms with Gasteiger partial charge in [0.1, 0.15) is 0 Å². The van der Waals surface area contributed by atoms with Crippen LogP contribution in [-0.4, -0.2) is 21.2 Å². The Balaban J connectivity index is 1.80. The monoisotopic (exact) mass is 334 g/mol. The summed E-state index contributed by atoms with van der Waals surface area (Å²) in [5.41, 5.74) is 11.8. The Morgan fingerprint density at radius 2 is 2.15 bits per heavy atom. The molecule has 0 atom stereocenters. The molecule has 0 fully saturated rings. The molecule has 1 aromatic carbocycles.